The Morgan fingerprint density at radius 2 is 1.95 bits per heavy atom. The number of nitrogens with zero attached hydrogens (tertiary/aromatic N) is 1. The number of benzene rings is 1. The maximum absolute atomic E-state index is 15.8. The zero-order valence-electron chi connectivity index (χ0n) is 22.9. The minimum absolute atomic E-state index is 0.0564. The first-order valence-corrected chi connectivity index (χ1v) is 15.4. The van der Waals surface area contributed by atoms with E-state index in [1.807, 2.05) is 43.2 Å². The standard InChI is InChI=1S/C31H35ClFNO5S/c1-17(35)16-40-28(38)31-19(15-34(39-31)14-18-4-6-20(32)7-5-18)10-23-22-12-25(33)24-11-21(36)8-9-29(24,2)27(22)26(37)13-30(23,31)3/h4-9,11,19,22-23,25-27,37H,10,12-16H2,1-3H3/t19-,22?,23?,25-,26?,27?,29?,30-,31-/m0/s1. The third kappa shape index (κ3) is 4.12. The van der Waals surface area contributed by atoms with Crippen molar-refractivity contribution in [1.29, 1.82) is 0 Å². The van der Waals surface area contributed by atoms with Crippen LogP contribution in [0.3, 0.4) is 0 Å². The number of allylic oxidation sites excluding steroid dienone is 4. The van der Waals surface area contributed by atoms with Crippen molar-refractivity contribution < 1.29 is 28.7 Å². The first-order valence-electron chi connectivity index (χ1n) is 14.0. The molecule has 1 saturated heterocycles. The highest BCUT2D eigenvalue weighted by Crippen LogP contribution is 2.71. The Kier molecular flexibility index (Phi) is 6.98. The number of ketones is 2. The zero-order chi connectivity index (χ0) is 28.6. The second-order valence-corrected chi connectivity index (χ2v) is 14.2. The summed E-state index contributed by atoms with van der Waals surface area (Å²) in [6, 6.07) is 7.49. The van der Waals surface area contributed by atoms with Crippen LogP contribution in [0, 0.1) is 34.5 Å². The number of aliphatic hydroxyl groups is 1. The third-order valence-electron chi connectivity index (χ3n) is 10.5. The molecule has 5 aliphatic rings. The van der Waals surface area contributed by atoms with Crippen molar-refractivity contribution in [2.24, 2.45) is 34.5 Å². The molecule has 6 nitrogen and oxygen atoms in total. The summed E-state index contributed by atoms with van der Waals surface area (Å²) in [5.41, 5.74) is -1.32. The van der Waals surface area contributed by atoms with E-state index in [4.69, 9.17) is 16.4 Å². The Labute approximate surface area is 243 Å². The first-order chi connectivity index (χ1) is 18.9. The molecule has 0 bridgehead atoms. The normalized spacial score (nSPS) is 42.0. The molecule has 1 aromatic rings. The van der Waals surface area contributed by atoms with E-state index < -0.39 is 28.7 Å². The minimum Gasteiger partial charge on any atom is -0.393 e. The van der Waals surface area contributed by atoms with E-state index in [0.29, 0.717) is 36.5 Å². The van der Waals surface area contributed by atoms with Crippen LogP contribution in [0.1, 0.15) is 45.6 Å². The van der Waals surface area contributed by atoms with E-state index >= 15 is 4.39 Å². The summed E-state index contributed by atoms with van der Waals surface area (Å²) in [4.78, 5) is 44.9. The van der Waals surface area contributed by atoms with Gasteiger partial charge < -0.3 is 5.11 Å². The highest BCUT2D eigenvalue weighted by Gasteiger charge is 2.75. The summed E-state index contributed by atoms with van der Waals surface area (Å²) in [5.74, 6) is -0.947. The van der Waals surface area contributed by atoms with Crippen molar-refractivity contribution in [1.82, 2.24) is 5.06 Å². The molecule has 9 heteroatoms. The molecule has 0 spiro atoms. The number of Topliss-reactive ketones (excluding diaryl/α,β-unsaturated/α-hetero) is 1. The van der Waals surface area contributed by atoms with E-state index in [-0.39, 0.29) is 52.5 Å². The first kappa shape index (κ1) is 28.3. The molecule has 6 rings (SSSR count). The number of alkyl halides is 1. The Balaban J connectivity index is 1.37. The van der Waals surface area contributed by atoms with Gasteiger partial charge in [-0.05, 0) is 73.4 Å². The molecule has 214 valence electrons. The zero-order valence-corrected chi connectivity index (χ0v) is 24.5. The lowest BCUT2D eigenvalue weighted by Crippen LogP contribution is -2.63. The molecule has 1 N–H and O–H groups in total. The van der Waals surface area contributed by atoms with Crippen molar-refractivity contribution in [2.45, 2.75) is 64.5 Å². The summed E-state index contributed by atoms with van der Waals surface area (Å²) in [5, 5.41) is 14.1. The summed E-state index contributed by atoms with van der Waals surface area (Å²) < 4.78 is 15.8. The number of hydrogen-bond acceptors (Lipinski definition) is 7. The number of hydrogen-bond donors (Lipinski definition) is 1. The largest absolute Gasteiger partial charge is 0.393 e. The number of carbonyl (C=O) groups is 3. The highest BCUT2D eigenvalue weighted by atomic mass is 35.5. The van der Waals surface area contributed by atoms with Crippen LogP contribution in [0.5, 0.6) is 0 Å². The molecular formula is C31H35ClFNO5S. The second-order valence-electron chi connectivity index (χ2n) is 12.8. The molecule has 1 heterocycles. The Hall–Kier alpha value is -1.84. The van der Waals surface area contributed by atoms with E-state index in [1.165, 1.54) is 19.1 Å². The van der Waals surface area contributed by atoms with Gasteiger partial charge in [0.15, 0.2) is 11.4 Å². The molecule has 1 aromatic carbocycles. The molecule has 0 amide bonds. The van der Waals surface area contributed by atoms with Gasteiger partial charge in [-0.2, -0.15) is 5.06 Å². The quantitative estimate of drug-likeness (QED) is 0.511. The number of hydroxylamine groups is 2. The fraction of sp³-hybridized carbons (Fsp3) is 0.581. The van der Waals surface area contributed by atoms with Crippen LogP contribution in [-0.4, -0.2) is 57.0 Å². The number of rotatable bonds is 5. The maximum atomic E-state index is 15.8. The molecule has 3 saturated carbocycles. The van der Waals surface area contributed by atoms with Gasteiger partial charge in [-0.1, -0.05) is 55.4 Å². The average Bonchev–Trinajstić information content (AvgIpc) is 3.37. The number of carbonyl (C=O) groups excluding carboxylic acids is 3. The fourth-order valence-electron chi connectivity index (χ4n) is 8.95. The van der Waals surface area contributed by atoms with Gasteiger partial charge in [-0.15, -0.1) is 0 Å². The van der Waals surface area contributed by atoms with E-state index in [9.17, 15) is 19.5 Å². The lowest BCUT2D eigenvalue weighted by molar-refractivity contribution is -0.250. The Morgan fingerprint density at radius 3 is 2.65 bits per heavy atom. The van der Waals surface area contributed by atoms with Gasteiger partial charge in [0.2, 0.25) is 5.12 Å². The molecule has 5 unspecified atom stereocenters. The van der Waals surface area contributed by atoms with Crippen molar-refractivity contribution in [2.75, 3.05) is 12.3 Å². The molecule has 4 fully saturated rings. The number of halogens is 2. The molecule has 0 aromatic heterocycles. The second kappa shape index (κ2) is 9.87. The number of thioether (sulfide) groups is 1. The van der Waals surface area contributed by atoms with Crippen molar-refractivity contribution in [3.8, 4) is 0 Å². The van der Waals surface area contributed by atoms with Crippen LogP contribution in [0.25, 0.3) is 0 Å². The lowest BCUT2D eigenvalue weighted by atomic mass is 9.46. The lowest BCUT2D eigenvalue weighted by Gasteiger charge is -2.60. The highest BCUT2D eigenvalue weighted by molar-refractivity contribution is 8.14. The van der Waals surface area contributed by atoms with E-state index in [0.717, 1.165) is 17.3 Å². The van der Waals surface area contributed by atoms with Crippen LogP contribution in [0.2, 0.25) is 5.02 Å². The summed E-state index contributed by atoms with van der Waals surface area (Å²) in [7, 11) is 0. The maximum Gasteiger partial charge on any atom is 0.224 e. The smallest absolute Gasteiger partial charge is 0.224 e. The molecule has 1 aliphatic heterocycles. The van der Waals surface area contributed by atoms with Crippen molar-refractivity contribution in [3.05, 3.63) is 58.7 Å². The number of aliphatic hydroxyl groups excluding tert-OH is 1. The van der Waals surface area contributed by atoms with Gasteiger partial charge >= 0.3 is 0 Å². The minimum atomic E-state index is -1.30. The van der Waals surface area contributed by atoms with Crippen molar-refractivity contribution in [3.63, 3.8) is 0 Å². The van der Waals surface area contributed by atoms with Gasteiger partial charge in [0.05, 0.1) is 11.9 Å². The van der Waals surface area contributed by atoms with Gasteiger partial charge in [0.1, 0.15) is 12.0 Å². The summed E-state index contributed by atoms with van der Waals surface area (Å²) in [6.07, 6.45) is 3.75. The van der Waals surface area contributed by atoms with Crippen LogP contribution in [-0.2, 0) is 25.8 Å². The van der Waals surface area contributed by atoms with Gasteiger partial charge in [-0.3, -0.25) is 19.2 Å². The van der Waals surface area contributed by atoms with E-state index in [1.54, 1.807) is 6.08 Å². The van der Waals surface area contributed by atoms with Gasteiger partial charge in [0.25, 0.3) is 0 Å². The van der Waals surface area contributed by atoms with Gasteiger partial charge in [0, 0.05) is 40.8 Å². The summed E-state index contributed by atoms with van der Waals surface area (Å²) >= 11 is 7.06. The third-order valence-corrected chi connectivity index (χ3v) is 11.9. The van der Waals surface area contributed by atoms with Crippen molar-refractivity contribution >= 4 is 40.0 Å². The number of fused-ring (bicyclic) bond motifs is 7. The van der Waals surface area contributed by atoms with E-state index in [2.05, 4.69) is 0 Å². The molecule has 4 aliphatic carbocycles. The molecule has 0 radical (unpaired) electrons. The van der Waals surface area contributed by atoms with Crippen LogP contribution in [0.15, 0.2) is 48.1 Å². The predicted molar refractivity (Wildman–Crippen MR) is 151 cm³/mol. The molecule has 40 heavy (non-hydrogen) atoms. The molecule has 9 atom stereocenters. The Bertz CT molecular complexity index is 1320. The van der Waals surface area contributed by atoms with Gasteiger partial charge in [-0.25, -0.2) is 4.39 Å². The fourth-order valence-corrected chi connectivity index (χ4v) is 10.1. The van der Waals surface area contributed by atoms with Crippen LogP contribution in [0.4, 0.5) is 4.39 Å². The topological polar surface area (TPSA) is 83.9 Å². The Morgan fingerprint density at radius 1 is 1.23 bits per heavy atom. The SMILES string of the molecule is CC(=O)CSC(=O)[C@@]12ON(Cc3ccc(Cl)cc3)C[C@@H]1CC1C3C[C@H](F)C4=CC(=O)C=CC4(C)C3C(O)C[C@@]12C. The van der Waals surface area contributed by atoms with Crippen LogP contribution < -0.4 is 0 Å². The van der Waals surface area contributed by atoms with Crippen LogP contribution >= 0.6 is 23.4 Å². The molecular weight excluding hydrogens is 553 g/mol. The average molecular weight is 588 g/mol. The monoisotopic (exact) mass is 587 g/mol. The predicted octanol–water partition coefficient (Wildman–Crippen LogP) is 5.13. The summed E-state index contributed by atoms with van der Waals surface area (Å²) in [6.45, 7) is 6.40.